The molecule has 4 heteroatoms. The van der Waals surface area contributed by atoms with Crippen LogP contribution in [0, 0.1) is 0 Å². The summed E-state index contributed by atoms with van der Waals surface area (Å²) in [5, 5.41) is 23.5. The maximum atomic E-state index is 12.5. The number of phenols is 2. The quantitative estimate of drug-likeness (QED) is 0.642. The van der Waals surface area contributed by atoms with Crippen LogP contribution in [0.2, 0.25) is 0 Å². The van der Waals surface area contributed by atoms with Crippen molar-refractivity contribution in [2.24, 2.45) is 0 Å². The van der Waals surface area contributed by atoms with Crippen LogP contribution in [0.15, 0.2) is 72.8 Å². The van der Waals surface area contributed by atoms with Crippen LogP contribution >= 0.6 is 0 Å². The van der Waals surface area contributed by atoms with Crippen LogP contribution < -0.4 is 5.32 Å². The Morgan fingerprint density at radius 3 is 1.85 bits per heavy atom. The summed E-state index contributed by atoms with van der Waals surface area (Å²) in [5.74, 6) is -1.06. The molecule has 0 spiro atoms. The van der Waals surface area contributed by atoms with E-state index in [-0.39, 0.29) is 17.1 Å². The number of hydrogen-bond donors (Lipinski definition) is 3. The van der Waals surface area contributed by atoms with Gasteiger partial charge < -0.3 is 15.5 Å². The van der Waals surface area contributed by atoms with Crippen molar-refractivity contribution in [1.82, 2.24) is 0 Å². The number of hydrogen-bond acceptors (Lipinski definition) is 3. The number of phenolic OH excluding ortho intramolecular Hbond substituents is 2. The summed E-state index contributed by atoms with van der Waals surface area (Å²) >= 11 is 0. The summed E-state index contributed by atoms with van der Waals surface area (Å²) in [6, 6.07) is 21.8. The standard InChI is InChI=1S/C22H21NO3/c1-22(2,15-9-5-3-6-10-15)16-13-18(24)20(19(25)14-16)21(26)23-17-11-7-4-8-12-17/h3-14,24-25H,1-2H3,(H,23,26). The first kappa shape index (κ1) is 17.5. The fourth-order valence-electron chi connectivity index (χ4n) is 2.94. The second-order valence-electron chi connectivity index (χ2n) is 6.70. The zero-order valence-corrected chi connectivity index (χ0v) is 14.7. The van der Waals surface area contributed by atoms with Crippen molar-refractivity contribution < 1.29 is 15.0 Å². The van der Waals surface area contributed by atoms with Crippen LogP contribution in [-0.4, -0.2) is 16.1 Å². The van der Waals surface area contributed by atoms with E-state index in [1.54, 1.807) is 24.3 Å². The number of carbonyl (C=O) groups excluding carboxylic acids is 1. The third-order valence-electron chi connectivity index (χ3n) is 4.57. The molecule has 0 aliphatic heterocycles. The molecule has 0 saturated carbocycles. The summed E-state index contributed by atoms with van der Waals surface area (Å²) in [4.78, 5) is 12.5. The van der Waals surface area contributed by atoms with E-state index in [0.29, 0.717) is 5.69 Å². The van der Waals surface area contributed by atoms with Crippen molar-refractivity contribution in [1.29, 1.82) is 0 Å². The van der Waals surface area contributed by atoms with Gasteiger partial charge in [-0.1, -0.05) is 62.4 Å². The van der Waals surface area contributed by atoms with Gasteiger partial charge in [-0.05, 0) is 35.4 Å². The Balaban J connectivity index is 1.95. The molecule has 0 saturated heterocycles. The molecule has 4 nitrogen and oxygen atoms in total. The molecule has 3 rings (SSSR count). The van der Waals surface area contributed by atoms with Gasteiger partial charge in [0.15, 0.2) is 0 Å². The van der Waals surface area contributed by atoms with Gasteiger partial charge >= 0.3 is 0 Å². The zero-order chi connectivity index (χ0) is 18.7. The molecule has 26 heavy (non-hydrogen) atoms. The Hall–Kier alpha value is -3.27. The normalized spacial score (nSPS) is 11.2. The Bertz CT molecular complexity index is 896. The van der Waals surface area contributed by atoms with Gasteiger partial charge in [0.05, 0.1) is 0 Å². The van der Waals surface area contributed by atoms with Crippen molar-refractivity contribution >= 4 is 11.6 Å². The molecular weight excluding hydrogens is 326 g/mol. The van der Waals surface area contributed by atoms with Crippen LogP contribution in [0.3, 0.4) is 0 Å². The van der Waals surface area contributed by atoms with E-state index in [1.807, 2.05) is 50.2 Å². The van der Waals surface area contributed by atoms with Crippen molar-refractivity contribution in [3.63, 3.8) is 0 Å². The molecular formula is C22H21NO3. The van der Waals surface area contributed by atoms with E-state index >= 15 is 0 Å². The van der Waals surface area contributed by atoms with E-state index in [2.05, 4.69) is 5.32 Å². The molecule has 132 valence electrons. The summed E-state index contributed by atoms with van der Waals surface area (Å²) in [5.41, 5.74) is 1.77. The Morgan fingerprint density at radius 1 is 0.808 bits per heavy atom. The first-order chi connectivity index (χ1) is 12.4. The summed E-state index contributed by atoms with van der Waals surface area (Å²) < 4.78 is 0. The molecule has 0 radical (unpaired) electrons. The molecule has 0 bridgehead atoms. The molecule has 0 aromatic heterocycles. The topological polar surface area (TPSA) is 69.6 Å². The van der Waals surface area contributed by atoms with Crippen molar-refractivity contribution in [3.05, 3.63) is 89.5 Å². The zero-order valence-electron chi connectivity index (χ0n) is 14.7. The van der Waals surface area contributed by atoms with Gasteiger partial charge in [0, 0.05) is 11.1 Å². The largest absolute Gasteiger partial charge is 0.507 e. The molecule has 0 aliphatic carbocycles. The van der Waals surface area contributed by atoms with Crippen molar-refractivity contribution in [3.8, 4) is 11.5 Å². The van der Waals surface area contributed by atoms with Crippen molar-refractivity contribution in [2.75, 3.05) is 5.32 Å². The molecule has 0 unspecified atom stereocenters. The van der Waals surface area contributed by atoms with Crippen LogP contribution in [0.1, 0.15) is 35.3 Å². The average Bonchev–Trinajstić information content (AvgIpc) is 2.62. The first-order valence-electron chi connectivity index (χ1n) is 8.38. The van der Waals surface area contributed by atoms with Crippen LogP contribution in [0.4, 0.5) is 5.69 Å². The summed E-state index contributed by atoms with van der Waals surface area (Å²) in [7, 11) is 0. The highest BCUT2D eigenvalue weighted by atomic mass is 16.3. The highest BCUT2D eigenvalue weighted by molar-refractivity contribution is 6.08. The minimum absolute atomic E-state index is 0.138. The molecule has 1 amide bonds. The van der Waals surface area contributed by atoms with Gasteiger partial charge in [0.25, 0.3) is 5.91 Å². The molecule has 0 aliphatic rings. The van der Waals surface area contributed by atoms with Gasteiger partial charge in [-0.25, -0.2) is 0 Å². The highest BCUT2D eigenvalue weighted by Gasteiger charge is 2.27. The van der Waals surface area contributed by atoms with E-state index in [1.165, 1.54) is 12.1 Å². The van der Waals surface area contributed by atoms with Crippen molar-refractivity contribution in [2.45, 2.75) is 19.3 Å². The Kier molecular flexibility index (Phi) is 4.67. The molecule has 0 atom stereocenters. The monoisotopic (exact) mass is 347 g/mol. The molecule has 3 aromatic carbocycles. The van der Waals surface area contributed by atoms with E-state index < -0.39 is 11.3 Å². The molecule has 0 heterocycles. The fourth-order valence-corrected chi connectivity index (χ4v) is 2.94. The predicted octanol–water partition coefficient (Wildman–Crippen LogP) is 4.68. The number of nitrogens with one attached hydrogen (secondary N) is 1. The van der Waals surface area contributed by atoms with E-state index in [9.17, 15) is 15.0 Å². The second-order valence-corrected chi connectivity index (χ2v) is 6.70. The number of benzene rings is 3. The lowest BCUT2D eigenvalue weighted by Crippen LogP contribution is -2.19. The summed E-state index contributed by atoms with van der Waals surface area (Å²) in [6.07, 6.45) is 0. The van der Waals surface area contributed by atoms with Crippen LogP contribution in [0.25, 0.3) is 0 Å². The maximum Gasteiger partial charge on any atom is 0.263 e. The molecule has 0 fully saturated rings. The SMILES string of the molecule is CC(C)(c1ccccc1)c1cc(O)c(C(=O)Nc2ccccc2)c(O)c1. The predicted molar refractivity (Wildman–Crippen MR) is 103 cm³/mol. The lowest BCUT2D eigenvalue weighted by molar-refractivity contribution is 0.102. The van der Waals surface area contributed by atoms with Gasteiger partial charge in [-0.3, -0.25) is 4.79 Å². The number of aromatic hydroxyl groups is 2. The number of carbonyl (C=O) groups is 1. The lowest BCUT2D eigenvalue weighted by Gasteiger charge is -2.27. The fraction of sp³-hybridized carbons (Fsp3) is 0.136. The van der Waals surface area contributed by atoms with Gasteiger partial charge in [0.2, 0.25) is 0 Å². The number of amides is 1. The lowest BCUT2D eigenvalue weighted by atomic mass is 9.77. The highest BCUT2D eigenvalue weighted by Crippen LogP contribution is 2.38. The maximum absolute atomic E-state index is 12.5. The Morgan fingerprint density at radius 2 is 1.31 bits per heavy atom. The van der Waals surface area contributed by atoms with Gasteiger partial charge in [-0.15, -0.1) is 0 Å². The van der Waals surface area contributed by atoms with E-state index in [4.69, 9.17) is 0 Å². The first-order valence-corrected chi connectivity index (χ1v) is 8.38. The minimum Gasteiger partial charge on any atom is -0.507 e. The molecule has 3 aromatic rings. The van der Waals surface area contributed by atoms with Gasteiger partial charge in [-0.2, -0.15) is 0 Å². The third kappa shape index (κ3) is 3.40. The summed E-state index contributed by atoms with van der Waals surface area (Å²) in [6.45, 7) is 4.00. The second kappa shape index (κ2) is 6.92. The average molecular weight is 347 g/mol. The smallest absolute Gasteiger partial charge is 0.263 e. The number of anilines is 1. The Labute approximate surface area is 152 Å². The van der Waals surface area contributed by atoms with Gasteiger partial charge in [0.1, 0.15) is 17.1 Å². The minimum atomic E-state index is -0.560. The van der Waals surface area contributed by atoms with E-state index in [0.717, 1.165) is 11.1 Å². The third-order valence-corrected chi connectivity index (χ3v) is 4.57. The number of rotatable bonds is 4. The van der Waals surface area contributed by atoms with Crippen LogP contribution in [0.5, 0.6) is 11.5 Å². The molecule has 3 N–H and O–H groups in total. The number of para-hydroxylation sites is 1. The van der Waals surface area contributed by atoms with Crippen LogP contribution in [-0.2, 0) is 5.41 Å².